The number of anilines is 1. The van der Waals surface area contributed by atoms with Crippen LogP contribution in [0, 0.1) is 13.8 Å². The molecule has 0 unspecified atom stereocenters. The number of rotatable bonds is 2. The van der Waals surface area contributed by atoms with Crippen molar-refractivity contribution in [1.29, 1.82) is 0 Å². The monoisotopic (exact) mass is 312 g/mol. The van der Waals surface area contributed by atoms with Gasteiger partial charge in [0.25, 0.3) is 0 Å². The van der Waals surface area contributed by atoms with Crippen LogP contribution < -0.4 is 4.90 Å². The average Bonchev–Trinajstić information content (AvgIpc) is 2.74. The predicted octanol–water partition coefficient (Wildman–Crippen LogP) is 2.78. The van der Waals surface area contributed by atoms with E-state index in [1.165, 1.54) is 4.88 Å². The fourth-order valence-corrected chi connectivity index (χ4v) is 3.11. The fourth-order valence-electron chi connectivity index (χ4n) is 1.88. The Hall–Kier alpha value is -0.880. The van der Waals surface area contributed by atoms with Crippen molar-refractivity contribution in [2.24, 2.45) is 0 Å². The number of thiazole rings is 1. The summed E-state index contributed by atoms with van der Waals surface area (Å²) in [5.74, 6) is 0. The van der Waals surface area contributed by atoms with Crippen molar-refractivity contribution in [3.8, 4) is 0 Å². The summed E-state index contributed by atoms with van der Waals surface area (Å²) in [5, 5.41) is 5.46. The number of nitrogens with zero attached hydrogens (tertiary/aromatic N) is 4. The molecular formula is C11H13BrN4S. The van der Waals surface area contributed by atoms with Crippen LogP contribution in [-0.4, -0.2) is 27.9 Å². The first-order valence-corrected chi connectivity index (χ1v) is 7.13. The van der Waals surface area contributed by atoms with Gasteiger partial charge in [0.15, 0.2) is 5.13 Å². The molecule has 1 aliphatic heterocycles. The van der Waals surface area contributed by atoms with Gasteiger partial charge < -0.3 is 4.90 Å². The molecule has 2 aromatic heterocycles. The first-order chi connectivity index (χ1) is 8.13. The fraction of sp³-hybridized carbons (Fsp3) is 0.455. The standard InChI is InChI=1S/C11H13BrN4S/c1-7-8(2)17-11(14-7)15-5-10(6-15)16-4-9(12)3-13-16/h3-4,10H,5-6H2,1-2H3. The van der Waals surface area contributed by atoms with E-state index in [-0.39, 0.29) is 0 Å². The quantitative estimate of drug-likeness (QED) is 0.855. The molecule has 0 radical (unpaired) electrons. The summed E-state index contributed by atoms with van der Waals surface area (Å²) in [6, 6.07) is 0.478. The van der Waals surface area contributed by atoms with Crippen LogP contribution in [0.1, 0.15) is 16.6 Å². The molecule has 1 aliphatic rings. The van der Waals surface area contributed by atoms with Gasteiger partial charge in [0, 0.05) is 24.2 Å². The van der Waals surface area contributed by atoms with Crippen LogP contribution >= 0.6 is 27.3 Å². The molecule has 4 nitrogen and oxygen atoms in total. The van der Waals surface area contributed by atoms with Gasteiger partial charge in [0.1, 0.15) is 0 Å². The molecule has 3 rings (SSSR count). The summed E-state index contributed by atoms with van der Waals surface area (Å²) in [4.78, 5) is 8.19. The molecule has 6 heteroatoms. The summed E-state index contributed by atoms with van der Waals surface area (Å²) in [6.07, 6.45) is 3.86. The number of hydrogen-bond acceptors (Lipinski definition) is 4. The largest absolute Gasteiger partial charge is 0.344 e. The molecule has 1 saturated heterocycles. The second kappa shape index (κ2) is 4.10. The van der Waals surface area contributed by atoms with Gasteiger partial charge in [-0.05, 0) is 29.8 Å². The lowest BCUT2D eigenvalue weighted by atomic mass is 10.1. The van der Waals surface area contributed by atoms with E-state index in [0.717, 1.165) is 28.4 Å². The zero-order valence-corrected chi connectivity index (χ0v) is 12.1. The predicted molar refractivity (Wildman–Crippen MR) is 72.8 cm³/mol. The van der Waals surface area contributed by atoms with Crippen molar-refractivity contribution in [3.63, 3.8) is 0 Å². The number of hydrogen-bond donors (Lipinski definition) is 0. The second-order valence-electron chi connectivity index (χ2n) is 4.34. The molecule has 0 saturated carbocycles. The van der Waals surface area contributed by atoms with Crippen LogP contribution in [0.25, 0.3) is 0 Å². The Morgan fingerprint density at radius 3 is 2.71 bits per heavy atom. The van der Waals surface area contributed by atoms with Crippen molar-refractivity contribution in [1.82, 2.24) is 14.8 Å². The van der Waals surface area contributed by atoms with Gasteiger partial charge in [-0.25, -0.2) is 4.98 Å². The zero-order valence-electron chi connectivity index (χ0n) is 9.72. The van der Waals surface area contributed by atoms with Crippen molar-refractivity contribution >= 4 is 32.4 Å². The lowest BCUT2D eigenvalue weighted by Crippen LogP contribution is -2.48. The van der Waals surface area contributed by atoms with Crippen LogP contribution in [0.15, 0.2) is 16.9 Å². The Morgan fingerprint density at radius 1 is 1.41 bits per heavy atom. The Kier molecular flexibility index (Phi) is 2.71. The Labute approximate surface area is 112 Å². The summed E-state index contributed by atoms with van der Waals surface area (Å²) in [7, 11) is 0. The Morgan fingerprint density at radius 2 is 2.18 bits per heavy atom. The topological polar surface area (TPSA) is 34.0 Å². The van der Waals surface area contributed by atoms with Crippen LogP contribution in [-0.2, 0) is 0 Å². The van der Waals surface area contributed by atoms with Gasteiger partial charge in [-0.1, -0.05) is 0 Å². The van der Waals surface area contributed by atoms with E-state index in [9.17, 15) is 0 Å². The van der Waals surface area contributed by atoms with Gasteiger partial charge in [0.05, 0.1) is 22.4 Å². The first kappa shape index (κ1) is 11.2. The molecule has 0 spiro atoms. The molecule has 0 amide bonds. The number of halogens is 1. The maximum absolute atomic E-state index is 4.57. The highest BCUT2D eigenvalue weighted by atomic mass is 79.9. The van der Waals surface area contributed by atoms with E-state index in [2.05, 4.69) is 44.8 Å². The van der Waals surface area contributed by atoms with Gasteiger partial charge >= 0.3 is 0 Å². The molecule has 3 heterocycles. The molecule has 0 atom stereocenters. The lowest BCUT2D eigenvalue weighted by Gasteiger charge is -2.38. The summed E-state index contributed by atoms with van der Waals surface area (Å²) in [6.45, 7) is 6.19. The van der Waals surface area contributed by atoms with Crippen LogP contribution in [0.3, 0.4) is 0 Å². The molecule has 1 fully saturated rings. The molecule has 90 valence electrons. The third-order valence-electron chi connectivity index (χ3n) is 3.09. The van der Waals surface area contributed by atoms with Crippen molar-refractivity contribution in [3.05, 3.63) is 27.4 Å². The van der Waals surface area contributed by atoms with Crippen LogP contribution in [0.2, 0.25) is 0 Å². The minimum Gasteiger partial charge on any atom is -0.344 e. The van der Waals surface area contributed by atoms with Crippen molar-refractivity contribution < 1.29 is 0 Å². The minimum atomic E-state index is 0.478. The van der Waals surface area contributed by atoms with E-state index in [0.29, 0.717) is 6.04 Å². The molecule has 17 heavy (non-hydrogen) atoms. The van der Waals surface area contributed by atoms with Gasteiger partial charge in [-0.2, -0.15) is 5.10 Å². The van der Waals surface area contributed by atoms with E-state index in [1.54, 1.807) is 11.3 Å². The molecule has 0 aromatic carbocycles. The van der Waals surface area contributed by atoms with Crippen molar-refractivity contribution in [2.75, 3.05) is 18.0 Å². The SMILES string of the molecule is Cc1nc(N2CC(n3cc(Br)cn3)C2)sc1C. The van der Waals surface area contributed by atoms with E-state index >= 15 is 0 Å². The Bertz CT molecular complexity index is 522. The third-order valence-corrected chi connectivity index (χ3v) is 4.64. The Balaban J connectivity index is 1.68. The number of aromatic nitrogens is 3. The molecular weight excluding hydrogens is 300 g/mol. The average molecular weight is 313 g/mol. The highest BCUT2D eigenvalue weighted by Gasteiger charge is 2.30. The smallest absolute Gasteiger partial charge is 0.185 e. The van der Waals surface area contributed by atoms with Gasteiger partial charge in [-0.15, -0.1) is 11.3 Å². The van der Waals surface area contributed by atoms with Crippen LogP contribution in [0.5, 0.6) is 0 Å². The normalized spacial score (nSPS) is 16.3. The highest BCUT2D eigenvalue weighted by Crippen LogP contribution is 2.32. The van der Waals surface area contributed by atoms with Gasteiger partial charge in [0.2, 0.25) is 0 Å². The summed E-state index contributed by atoms with van der Waals surface area (Å²) >= 11 is 5.20. The third kappa shape index (κ3) is 1.99. The summed E-state index contributed by atoms with van der Waals surface area (Å²) in [5.41, 5.74) is 1.15. The van der Waals surface area contributed by atoms with E-state index in [1.807, 2.05) is 17.1 Å². The molecule has 2 aromatic rings. The van der Waals surface area contributed by atoms with Gasteiger partial charge in [-0.3, -0.25) is 4.68 Å². The highest BCUT2D eigenvalue weighted by molar-refractivity contribution is 9.10. The lowest BCUT2D eigenvalue weighted by molar-refractivity contribution is 0.367. The maximum Gasteiger partial charge on any atom is 0.185 e. The number of aryl methyl sites for hydroxylation is 2. The zero-order chi connectivity index (χ0) is 12.0. The van der Waals surface area contributed by atoms with Crippen molar-refractivity contribution in [2.45, 2.75) is 19.9 Å². The van der Waals surface area contributed by atoms with Crippen LogP contribution in [0.4, 0.5) is 5.13 Å². The minimum absolute atomic E-state index is 0.478. The molecule has 0 bridgehead atoms. The summed E-state index contributed by atoms with van der Waals surface area (Å²) < 4.78 is 3.06. The second-order valence-corrected chi connectivity index (χ2v) is 6.43. The molecule has 0 N–H and O–H groups in total. The maximum atomic E-state index is 4.57. The molecule has 0 aliphatic carbocycles. The van der Waals surface area contributed by atoms with E-state index < -0.39 is 0 Å². The first-order valence-electron chi connectivity index (χ1n) is 5.52. The van der Waals surface area contributed by atoms with E-state index in [4.69, 9.17) is 0 Å².